The molecule has 0 saturated heterocycles. The molecular formula is C25H24N2O7S. The van der Waals surface area contributed by atoms with E-state index in [2.05, 4.69) is 10.0 Å². The lowest BCUT2D eigenvalue weighted by atomic mass is 10.1. The molecule has 1 atom stereocenters. The van der Waals surface area contributed by atoms with Crippen molar-refractivity contribution in [3.63, 3.8) is 0 Å². The summed E-state index contributed by atoms with van der Waals surface area (Å²) >= 11 is 0. The van der Waals surface area contributed by atoms with Crippen LogP contribution in [0.2, 0.25) is 0 Å². The van der Waals surface area contributed by atoms with Crippen LogP contribution in [0.1, 0.15) is 28.9 Å². The molecule has 3 aromatic rings. The van der Waals surface area contributed by atoms with Crippen LogP contribution in [0.3, 0.4) is 0 Å². The topological polar surface area (TPSA) is 112 Å². The number of rotatable bonds is 6. The molecule has 2 heterocycles. The first kappa shape index (κ1) is 22.9. The molecule has 0 radical (unpaired) electrons. The first-order valence-corrected chi connectivity index (χ1v) is 12.6. The van der Waals surface area contributed by atoms with Gasteiger partial charge in [-0.2, -0.15) is 0 Å². The van der Waals surface area contributed by atoms with E-state index in [0.717, 1.165) is 5.56 Å². The molecule has 10 heteroatoms. The number of nitrogens with one attached hydrogen (secondary N) is 2. The number of hydrogen-bond donors (Lipinski definition) is 2. The van der Waals surface area contributed by atoms with Gasteiger partial charge in [0, 0.05) is 17.3 Å². The fourth-order valence-corrected chi connectivity index (χ4v) is 4.89. The molecule has 35 heavy (non-hydrogen) atoms. The highest BCUT2D eigenvalue weighted by Crippen LogP contribution is 2.34. The zero-order valence-corrected chi connectivity index (χ0v) is 19.8. The van der Waals surface area contributed by atoms with E-state index < -0.39 is 10.0 Å². The molecule has 9 nitrogen and oxygen atoms in total. The molecule has 5 rings (SSSR count). The van der Waals surface area contributed by atoms with Gasteiger partial charge in [0.15, 0.2) is 23.0 Å². The molecule has 1 amide bonds. The van der Waals surface area contributed by atoms with E-state index in [1.165, 1.54) is 18.2 Å². The van der Waals surface area contributed by atoms with Crippen molar-refractivity contribution >= 4 is 21.6 Å². The molecule has 0 fully saturated rings. The van der Waals surface area contributed by atoms with E-state index in [-0.39, 0.29) is 22.5 Å². The third-order valence-corrected chi connectivity index (χ3v) is 6.99. The van der Waals surface area contributed by atoms with E-state index in [9.17, 15) is 13.2 Å². The molecule has 0 bridgehead atoms. The molecule has 2 aliphatic rings. The smallest absolute Gasteiger partial charge is 0.262 e. The first-order valence-electron chi connectivity index (χ1n) is 11.1. The van der Waals surface area contributed by atoms with Gasteiger partial charge < -0.3 is 24.3 Å². The Labute approximate surface area is 203 Å². The zero-order chi connectivity index (χ0) is 24.4. The van der Waals surface area contributed by atoms with Crippen molar-refractivity contribution in [1.29, 1.82) is 0 Å². The molecule has 0 aliphatic carbocycles. The standard InChI is InChI=1S/C25H24N2O7S/c1-16(17-5-7-21-23(14-17)33-11-9-31-21)26-25(28)18-3-2-4-19(13-18)27-35(29,30)20-6-8-22-24(15-20)34-12-10-32-22/h2-8,13-16,27H,9-12H2,1H3,(H,26,28)/t16-/m0/s1. The number of sulfonamides is 1. The zero-order valence-electron chi connectivity index (χ0n) is 18.9. The summed E-state index contributed by atoms with van der Waals surface area (Å²) in [6, 6.07) is 16.0. The van der Waals surface area contributed by atoms with Crippen molar-refractivity contribution in [2.24, 2.45) is 0 Å². The summed E-state index contributed by atoms with van der Waals surface area (Å²) in [7, 11) is -3.91. The molecule has 0 spiro atoms. The average molecular weight is 497 g/mol. The lowest BCUT2D eigenvalue weighted by Crippen LogP contribution is -2.27. The number of fused-ring (bicyclic) bond motifs is 2. The normalized spacial score (nSPS) is 15.1. The van der Waals surface area contributed by atoms with Crippen molar-refractivity contribution in [2.75, 3.05) is 31.1 Å². The maximum absolute atomic E-state index is 12.9. The van der Waals surface area contributed by atoms with Crippen molar-refractivity contribution in [2.45, 2.75) is 17.9 Å². The minimum atomic E-state index is -3.91. The third-order valence-electron chi connectivity index (χ3n) is 5.61. The predicted molar refractivity (Wildman–Crippen MR) is 128 cm³/mol. The van der Waals surface area contributed by atoms with Crippen LogP contribution in [0.4, 0.5) is 5.69 Å². The Balaban J connectivity index is 1.29. The minimum absolute atomic E-state index is 0.0313. The quantitative estimate of drug-likeness (QED) is 0.537. The van der Waals surface area contributed by atoms with Crippen LogP contribution in [0.5, 0.6) is 23.0 Å². The second kappa shape index (κ2) is 9.38. The lowest BCUT2D eigenvalue weighted by Gasteiger charge is -2.21. The molecule has 3 aromatic carbocycles. The molecule has 2 N–H and O–H groups in total. The number of benzene rings is 3. The van der Waals surface area contributed by atoms with Crippen LogP contribution in [-0.4, -0.2) is 40.8 Å². The second-order valence-corrected chi connectivity index (χ2v) is 9.77. The van der Waals surface area contributed by atoms with Gasteiger partial charge in [0.2, 0.25) is 0 Å². The maximum atomic E-state index is 12.9. The van der Waals surface area contributed by atoms with E-state index in [0.29, 0.717) is 55.0 Å². The van der Waals surface area contributed by atoms with E-state index in [1.54, 1.807) is 24.3 Å². The van der Waals surface area contributed by atoms with E-state index in [1.807, 2.05) is 25.1 Å². The summed E-state index contributed by atoms with van der Waals surface area (Å²) in [6.45, 7) is 3.61. The molecule has 0 unspecified atom stereocenters. The number of carbonyl (C=O) groups excluding carboxylic acids is 1. The highest BCUT2D eigenvalue weighted by molar-refractivity contribution is 7.92. The largest absolute Gasteiger partial charge is 0.486 e. The summed E-state index contributed by atoms with van der Waals surface area (Å²) in [6.07, 6.45) is 0. The maximum Gasteiger partial charge on any atom is 0.262 e. The fraction of sp³-hybridized carbons (Fsp3) is 0.240. The predicted octanol–water partition coefficient (Wildman–Crippen LogP) is 3.52. The Morgan fingerprint density at radius 2 is 1.43 bits per heavy atom. The second-order valence-electron chi connectivity index (χ2n) is 8.09. The summed E-state index contributed by atoms with van der Waals surface area (Å²) < 4.78 is 50.4. The van der Waals surface area contributed by atoms with E-state index >= 15 is 0 Å². The van der Waals surface area contributed by atoms with Crippen LogP contribution < -0.4 is 29.0 Å². The highest BCUT2D eigenvalue weighted by Gasteiger charge is 2.21. The summed E-state index contributed by atoms with van der Waals surface area (Å²) in [4.78, 5) is 12.9. The number of amides is 1. The minimum Gasteiger partial charge on any atom is -0.486 e. The molecule has 0 saturated carbocycles. The summed E-state index contributed by atoms with van der Waals surface area (Å²) in [5.74, 6) is 1.86. The first-order chi connectivity index (χ1) is 16.9. The van der Waals surface area contributed by atoms with Crippen molar-refractivity contribution in [3.8, 4) is 23.0 Å². The van der Waals surface area contributed by atoms with Crippen molar-refractivity contribution in [1.82, 2.24) is 5.32 Å². The Hall–Kier alpha value is -3.92. The molecule has 182 valence electrons. The number of carbonyl (C=O) groups is 1. The van der Waals surface area contributed by atoms with Gasteiger partial charge in [-0.15, -0.1) is 0 Å². The Morgan fingerprint density at radius 3 is 2.14 bits per heavy atom. The van der Waals surface area contributed by atoms with Gasteiger partial charge in [0.05, 0.1) is 10.9 Å². The van der Waals surface area contributed by atoms with Gasteiger partial charge in [0.25, 0.3) is 15.9 Å². The van der Waals surface area contributed by atoms with Gasteiger partial charge >= 0.3 is 0 Å². The van der Waals surface area contributed by atoms with Gasteiger partial charge in [-0.1, -0.05) is 12.1 Å². The number of ether oxygens (including phenoxy) is 4. The highest BCUT2D eigenvalue weighted by atomic mass is 32.2. The SMILES string of the molecule is C[C@H](NC(=O)c1cccc(NS(=O)(=O)c2ccc3c(c2)OCCO3)c1)c1ccc2c(c1)OCCO2. The van der Waals surface area contributed by atoms with Crippen LogP contribution >= 0.6 is 0 Å². The fourth-order valence-electron chi connectivity index (χ4n) is 3.82. The third kappa shape index (κ3) is 4.97. The number of hydrogen-bond acceptors (Lipinski definition) is 7. The Kier molecular flexibility index (Phi) is 6.12. The van der Waals surface area contributed by atoms with Gasteiger partial charge in [0.1, 0.15) is 26.4 Å². The van der Waals surface area contributed by atoms with Crippen LogP contribution in [0, 0.1) is 0 Å². The van der Waals surface area contributed by atoms with Gasteiger partial charge in [-0.05, 0) is 55.0 Å². The summed E-state index contributed by atoms with van der Waals surface area (Å²) in [5.41, 5.74) is 1.44. The van der Waals surface area contributed by atoms with Crippen LogP contribution in [0.15, 0.2) is 65.6 Å². The number of anilines is 1. The van der Waals surface area contributed by atoms with Gasteiger partial charge in [-0.3, -0.25) is 9.52 Å². The molecule has 0 aromatic heterocycles. The Bertz CT molecular complexity index is 1370. The lowest BCUT2D eigenvalue weighted by molar-refractivity contribution is 0.0939. The van der Waals surface area contributed by atoms with Crippen LogP contribution in [0.25, 0.3) is 0 Å². The summed E-state index contributed by atoms with van der Waals surface area (Å²) in [5, 5.41) is 2.93. The van der Waals surface area contributed by atoms with E-state index in [4.69, 9.17) is 18.9 Å². The molecule has 2 aliphatic heterocycles. The Morgan fingerprint density at radius 1 is 0.800 bits per heavy atom. The van der Waals surface area contributed by atoms with Crippen molar-refractivity contribution in [3.05, 3.63) is 71.8 Å². The monoisotopic (exact) mass is 496 g/mol. The van der Waals surface area contributed by atoms with Crippen LogP contribution in [-0.2, 0) is 10.0 Å². The van der Waals surface area contributed by atoms with Gasteiger partial charge in [-0.25, -0.2) is 8.42 Å². The van der Waals surface area contributed by atoms with Crippen molar-refractivity contribution < 1.29 is 32.2 Å². The molecular weight excluding hydrogens is 472 g/mol. The average Bonchev–Trinajstić information content (AvgIpc) is 2.88.